The van der Waals surface area contributed by atoms with E-state index < -0.39 is 0 Å². The van der Waals surface area contributed by atoms with E-state index in [0.717, 1.165) is 42.9 Å². The van der Waals surface area contributed by atoms with Crippen LogP contribution in [0.2, 0.25) is 0 Å². The van der Waals surface area contributed by atoms with Gasteiger partial charge in [-0.1, -0.05) is 48.5 Å². The van der Waals surface area contributed by atoms with Crippen LogP contribution in [0.5, 0.6) is 0 Å². The monoisotopic (exact) mass is 384 g/mol. The van der Waals surface area contributed by atoms with Gasteiger partial charge in [0.1, 0.15) is 0 Å². The number of carbonyl (C=O) groups excluding carboxylic acids is 1. The minimum atomic E-state index is 0.122. The molecule has 1 atom stereocenters. The summed E-state index contributed by atoms with van der Waals surface area (Å²) in [6.45, 7) is 3.37. The van der Waals surface area contributed by atoms with Gasteiger partial charge in [0.2, 0.25) is 0 Å². The Morgan fingerprint density at radius 1 is 0.962 bits per heavy atom. The van der Waals surface area contributed by atoms with Gasteiger partial charge in [0, 0.05) is 42.5 Å². The lowest BCUT2D eigenvalue weighted by Gasteiger charge is -2.36. The molecule has 1 fully saturated rings. The summed E-state index contributed by atoms with van der Waals surface area (Å²) in [6.07, 6.45) is 0.982. The molecule has 2 aliphatic rings. The maximum absolute atomic E-state index is 13.2. The third kappa shape index (κ3) is 3.95. The fourth-order valence-corrected chi connectivity index (χ4v) is 5.76. The van der Waals surface area contributed by atoms with Crippen LogP contribution in [0.25, 0.3) is 0 Å². The molecule has 3 nitrogen and oxygen atoms in total. The fraction of sp³-hybridized carbons (Fsp3) is 0.381. The van der Waals surface area contributed by atoms with Crippen LogP contribution in [-0.2, 0) is 5.75 Å². The Hall–Kier alpha value is -1.43. The van der Waals surface area contributed by atoms with Crippen molar-refractivity contribution < 1.29 is 4.79 Å². The Bertz CT molecular complexity index is 747. The van der Waals surface area contributed by atoms with Crippen molar-refractivity contribution in [3.05, 3.63) is 71.3 Å². The molecule has 136 valence electrons. The molecule has 4 rings (SSSR count). The Morgan fingerprint density at radius 2 is 1.69 bits per heavy atom. The molecular formula is C21H24N2OS2. The van der Waals surface area contributed by atoms with Crippen LogP contribution < -0.4 is 0 Å². The molecule has 2 heterocycles. The molecular weight excluding hydrogens is 360 g/mol. The first kappa shape index (κ1) is 18.0. The SMILES string of the molecule is O=C1c2ccccc2CSN1C(CCN1CCSCC1)c1ccccc1. The van der Waals surface area contributed by atoms with Crippen molar-refractivity contribution in [3.8, 4) is 0 Å². The predicted octanol–water partition coefficient (Wildman–Crippen LogP) is 4.47. The van der Waals surface area contributed by atoms with Gasteiger partial charge in [-0.15, -0.1) is 0 Å². The van der Waals surface area contributed by atoms with Crippen LogP contribution in [0.1, 0.15) is 33.9 Å². The fourth-order valence-electron chi connectivity index (χ4n) is 3.63. The van der Waals surface area contributed by atoms with Crippen molar-refractivity contribution in [2.24, 2.45) is 0 Å². The van der Waals surface area contributed by atoms with Crippen LogP contribution in [0, 0.1) is 0 Å². The molecule has 2 aliphatic heterocycles. The van der Waals surface area contributed by atoms with Crippen LogP contribution >= 0.6 is 23.7 Å². The molecule has 0 bridgehead atoms. The standard InChI is InChI=1S/C21H24N2OS2/c24-21-19-9-5-4-8-18(19)16-26-23(21)20(17-6-2-1-3-7-17)10-11-22-12-14-25-15-13-22/h1-9,20H,10-16H2. The number of hydrogen-bond acceptors (Lipinski definition) is 4. The average molecular weight is 385 g/mol. The van der Waals surface area contributed by atoms with E-state index in [9.17, 15) is 4.79 Å². The second-order valence-corrected chi connectivity index (χ2v) is 8.90. The second-order valence-electron chi connectivity index (χ2n) is 6.73. The van der Waals surface area contributed by atoms with Gasteiger partial charge in [0.25, 0.3) is 5.91 Å². The van der Waals surface area contributed by atoms with Crippen molar-refractivity contribution in [1.82, 2.24) is 9.21 Å². The van der Waals surface area contributed by atoms with Crippen molar-refractivity contribution in [2.45, 2.75) is 18.2 Å². The number of thioether (sulfide) groups is 1. The quantitative estimate of drug-likeness (QED) is 0.710. The molecule has 0 spiro atoms. The van der Waals surface area contributed by atoms with Crippen molar-refractivity contribution in [1.29, 1.82) is 0 Å². The highest BCUT2D eigenvalue weighted by Gasteiger charge is 2.32. The van der Waals surface area contributed by atoms with Crippen LogP contribution in [-0.4, -0.2) is 46.3 Å². The zero-order chi connectivity index (χ0) is 17.8. The lowest BCUT2D eigenvalue weighted by atomic mass is 10.0. The summed E-state index contributed by atoms with van der Waals surface area (Å²) in [6, 6.07) is 18.7. The first-order chi connectivity index (χ1) is 12.8. The summed E-state index contributed by atoms with van der Waals surface area (Å²) < 4.78 is 2.02. The summed E-state index contributed by atoms with van der Waals surface area (Å²) in [7, 11) is 0. The lowest BCUT2D eigenvalue weighted by Crippen LogP contribution is -2.37. The lowest BCUT2D eigenvalue weighted by molar-refractivity contribution is 0.0817. The molecule has 1 amide bonds. The van der Waals surface area contributed by atoms with Gasteiger partial charge in [-0.3, -0.25) is 9.10 Å². The second kappa shape index (κ2) is 8.51. The molecule has 1 saturated heterocycles. The number of nitrogens with zero attached hydrogens (tertiary/aromatic N) is 2. The maximum atomic E-state index is 13.2. The molecule has 5 heteroatoms. The summed E-state index contributed by atoms with van der Waals surface area (Å²) in [5.74, 6) is 3.47. The van der Waals surface area contributed by atoms with E-state index in [-0.39, 0.29) is 11.9 Å². The summed E-state index contributed by atoms with van der Waals surface area (Å²) in [5.41, 5.74) is 3.25. The highest BCUT2D eigenvalue weighted by atomic mass is 32.2. The third-order valence-electron chi connectivity index (χ3n) is 5.10. The van der Waals surface area contributed by atoms with Gasteiger partial charge in [-0.05, 0) is 35.6 Å². The normalized spacial score (nSPS) is 19.2. The van der Waals surface area contributed by atoms with Crippen LogP contribution in [0.3, 0.4) is 0 Å². The van der Waals surface area contributed by atoms with Gasteiger partial charge in [-0.25, -0.2) is 0 Å². The van der Waals surface area contributed by atoms with E-state index in [1.54, 1.807) is 11.9 Å². The predicted molar refractivity (Wildman–Crippen MR) is 111 cm³/mol. The summed E-state index contributed by atoms with van der Waals surface area (Å²) in [5, 5.41) is 0. The Labute approximate surface area is 164 Å². The van der Waals surface area contributed by atoms with Gasteiger partial charge in [-0.2, -0.15) is 11.8 Å². The van der Waals surface area contributed by atoms with Gasteiger partial charge >= 0.3 is 0 Å². The molecule has 2 aromatic rings. The van der Waals surface area contributed by atoms with Crippen LogP contribution in [0.15, 0.2) is 54.6 Å². The highest BCUT2D eigenvalue weighted by Crippen LogP contribution is 2.38. The Balaban J connectivity index is 1.56. The molecule has 0 aliphatic carbocycles. The van der Waals surface area contributed by atoms with Crippen molar-refractivity contribution in [3.63, 3.8) is 0 Å². The number of carbonyl (C=O) groups is 1. The molecule has 1 unspecified atom stereocenters. The Kier molecular flexibility index (Phi) is 5.88. The molecule has 0 aromatic heterocycles. The smallest absolute Gasteiger partial charge is 0.264 e. The van der Waals surface area contributed by atoms with E-state index in [1.807, 2.05) is 40.3 Å². The maximum Gasteiger partial charge on any atom is 0.264 e. The Morgan fingerprint density at radius 3 is 2.50 bits per heavy atom. The average Bonchev–Trinajstić information content (AvgIpc) is 2.71. The molecule has 2 aromatic carbocycles. The zero-order valence-electron chi connectivity index (χ0n) is 14.8. The molecule has 0 N–H and O–H groups in total. The van der Waals surface area contributed by atoms with E-state index in [4.69, 9.17) is 0 Å². The minimum absolute atomic E-state index is 0.122. The number of rotatable bonds is 5. The van der Waals surface area contributed by atoms with Crippen LogP contribution in [0.4, 0.5) is 0 Å². The van der Waals surface area contributed by atoms with E-state index in [2.05, 4.69) is 35.2 Å². The van der Waals surface area contributed by atoms with Gasteiger partial charge in [0.15, 0.2) is 0 Å². The highest BCUT2D eigenvalue weighted by molar-refractivity contribution is 7.99. The number of hydrogen-bond donors (Lipinski definition) is 0. The molecule has 0 radical (unpaired) electrons. The largest absolute Gasteiger partial charge is 0.302 e. The minimum Gasteiger partial charge on any atom is -0.302 e. The van der Waals surface area contributed by atoms with E-state index in [0.29, 0.717) is 0 Å². The van der Waals surface area contributed by atoms with Gasteiger partial charge < -0.3 is 4.90 Å². The third-order valence-corrected chi connectivity index (χ3v) is 7.18. The topological polar surface area (TPSA) is 23.6 Å². The number of fused-ring (bicyclic) bond motifs is 1. The first-order valence-corrected chi connectivity index (χ1v) is 11.3. The molecule has 26 heavy (non-hydrogen) atoms. The van der Waals surface area contributed by atoms with Gasteiger partial charge in [0.05, 0.1) is 6.04 Å². The molecule has 0 saturated carbocycles. The summed E-state index contributed by atoms with van der Waals surface area (Å²) >= 11 is 3.70. The van der Waals surface area contributed by atoms with E-state index in [1.165, 1.54) is 17.1 Å². The number of amides is 1. The van der Waals surface area contributed by atoms with Crippen molar-refractivity contribution in [2.75, 3.05) is 31.1 Å². The first-order valence-electron chi connectivity index (χ1n) is 9.22. The number of benzene rings is 2. The van der Waals surface area contributed by atoms with E-state index >= 15 is 0 Å². The summed E-state index contributed by atoms with van der Waals surface area (Å²) in [4.78, 5) is 15.7. The zero-order valence-corrected chi connectivity index (χ0v) is 16.5. The van der Waals surface area contributed by atoms with Crippen molar-refractivity contribution >= 4 is 29.6 Å².